The predicted octanol–water partition coefficient (Wildman–Crippen LogP) is 5.20. The van der Waals surface area contributed by atoms with Gasteiger partial charge in [0.1, 0.15) is 24.7 Å². The normalized spacial score (nSPS) is 19.0. The van der Waals surface area contributed by atoms with Gasteiger partial charge in [0.25, 0.3) is 5.91 Å². The predicted molar refractivity (Wildman–Crippen MR) is 195 cm³/mol. The lowest BCUT2D eigenvalue weighted by Crippen LogP contribution is -2.62. The van der Waals surface area contributed by atoms with Gasteiger partial charge >= 0.3 is 5.97 Å². The molecule has 3 aromatic rings. The third kappa shape index (κ3) is 9.30. The van der Waals surface area contributed by atoms with Gasteiger partial charge in [-0.25, -0.2) is 0 Å². The van der Waals surface area contributed by atoms with Gasteiger partial charge in [0.2, 0.25) is 5.91 Å². The number of fused-ring (bicyclic) bond motifs is 2. The number of carbonyl (C=O) groups is 3. The van der Waals surface area contributed by atoms with E-state index in [4.69, 9.17) is 26.2 Å². The van der Waals surface area contributed by atoms with Crippen molar-refractivity contribution in [1.82, 2.24) is 15.1 Å². The van der Waals surface area contributed by atoms with E-state index in [2.05, 4.69) is 17.4 Å². The molecule has 3 aliphatic rings. The SMILES string of the molecule is Cc1cc(Cl)c(OCCOc2ccc(C3=C(C(=O)N(CCc4ccccc4)C4CC4)[C@H]4CN(C(=O)C[C@@H](O)CC(=O)O)C[C@@H](C3)N4)cc2)cc1C. The minimum atomic E-state index is -1.27. The fourth-order valence-electron chi connectivity index (χ4n) is 6.99. The molecular formula is C40H46ClN3O7. The molecule has 3 aromatic carbocycles. The Kier molecular flexibility index (Phi) is 11.6. The number of carbonyl (C=O) groups excluding carboxylic acids is 2. The van der Waals surface area contributed by atoms with Gasteiger partial charge in [-0.2, -0.15) is 0 Å². The molecule has 3 atom stereocenters. The lowest BCUT2D eigenvalue weighted by molar-refractivity contribution is -0.141. The highest BCUT2D eigenvalue weighted by molar-refractivity contribution is 6.32. The molecule has 1 aliphatic carbocycles. The number of amides is 2. The summed E-state index contributed by atoms with van der Waals surface area (Å²) in [6, 6.07) is 21.4. The van der Waals surface area contributed by atoms with Crippen LogP contribution in [0.15, 0.2) is 72.3 Å². The fraction of sp³-hybridized carbons (Fsp3) is 0.425. The molecule has 0 radical (unpaired) electrons. The second kappa shape index (κ2) is 16.3. The Hall–Kier alpha value is -4.38. The van der Waals surface area contributed by atoms with Crippen LogP contribution >= 0.6 is 11.6 Å². The first-order valence-electron chi connectivity index (χ1n) is 17.7. The fourth-order valence-corrected chi connectivity index (χ4v) is 7.26. The van der Waals surface area contributed by atoms with Crippen molar-refractivity contribution in [3.8, 4) is 11.5 Å². The van der Waals surface area contributed by atoms with Gasteiger partial charge in [0.15, 0.2) is 0 Å². The summed E-state index contributed by atoms with van der Waals surface area (Å²) in [7, 11) is 0. The number of aliphatic carboxylic acids is 1. The number of carboxylic acids is 1. The van der Waals surface area contributed by atoms with Gasteiger partial charge in [-0.1, -0.05) is 54.1 Å². The maximum atomic E-state index is 14.7. The van der Waals surface area contributed by atoms with Crippen molar-refractivity contribution < 1.29 is 34.1 Å². The van der Waals surface area contributed by atoms with Crippen molar-refractivity contribution >= 4 is 35.0 Å². The standard InChI is InChI=1S/C40H46ClN3O7/c1-25-18-34(41)36(19-26(25)2)51-17-16-50-32-12-8-28(9-13-32)33-20-29-23-43(37(46)21-31(45)22-38(47)48)24-35(42-29)39(33)40(49)44(30-10-11-30)15-14-27-6-4-3-5-7-27/h3-9,12-13,18-19,29-31,35,42,45H,10-11,14-17,20-24H2,1-2H3,(H,47,48)/t29-,31-,35-/m1/s1. The van der Waals surface area contributed by atoms with Crippen LogP contribution in [-0.4, -0.2) is 94.9 Å². The maximum absolute atomic E-state index is 14.7. The van der Waals surface area contributed by atoms with E-state index in [1.165, 1.54) is 5.56 Å². The van der Waals surface area contributed by atoms with Crippen molar-refractivity contribution in [3.05, 3.63) is 99.6 Å². The molecule has 2 fully saturated rings. The summed E-state index contributed by atoms with van der Waals surface area (Å²) >= 11 is 6.35. The molecule has 2 heterocycles. The van der Waals surface area contributed by atoms with Crippen LogP contribution < -0.4 is 14.8 Å². The van der Waals surface area contributed by atoms with Crippen LogP contribution in [0.25, 0.3) is 5.57 Å². The molecule has 2 amide bonds. The van der Waals surface area contributed by atoms with Crippen LogP contribution in [0.2, 0.25) is 5.02 Å². The number of hydrogen-bond acceptors (Lipinski definition) is 7. The average molecular weight is 716 g/mol. The van der Waals surface area contributed by atoms with E-state index in [0.29, 0.717) is 54.8 Å². The van der Waals surface area contributed by atoms with Crippen LogP contribution in [0.5, 0.6) is 11.5 Å². The summed E-state index contributed by atoms with van der Waals surface area (Å²) in [5.41, 5.74) is 5.91. The van der Waals surface area contributed by atoms with Gasteiger partial charge in [-0.05, 0) is 91.6 Å². The molecule has 2 aliphatic heterocycles. The summed E-state index contributed by atoms with van der Waals surface area (Å²) in [6.07, 6.45) is 1.15. The second-order valence-electron chi connectivity index (χ2n) is 13.8. The molecule has 0 unspecified atom stereocenters. The third-order valence-corrected chi connectivity index (χ3v) is 10.2. The Bertz CT molecular complexity index is 1760. The number of hydrogen-bond donors (Lipinski definition) is 3. The van der Waals surface area contributed by atoms with E-state index in [1.54, 1.807) is 4.90 Å². The number of ether oxygens (including phenoxy) is 2. The molecule has 3 N–H and O–H groups in total. The van der Waals surface area contributed by atoms with Gasteiger partial charge in [-0.3, -0.25) is 14.4 Å². The van der Waals surface area contributed by atoms with E-state index in [1.807, 2.05) is 73.3 Å². The van der Waals surface area contributed by atoms with Crippen molar-refractivity contribution in [2.45, 2.75) is 76.6 Å². The molecule has 11 heteroatoms. The minimum Gasteiger partial charge on any atom is -0.490 e. The number of carboxylic acid groups (broad SMARTS) is 1. The molecule has 1 saturated carbocycles. The first-order valence-corrected chi connectivity index (χ1v) is 18.1. The van der Waals surface area contributed by atoms with Crippen LogP contribution in [0.3, 0.4) is 0 Å². The summed E-state index contributed by atoms with van der Waals surface area (Å²) in [6.45, 7) is 5.91. The zero-order valence-electron chi connectivity index (χ0n) is 29.1. The van der Waals surface area contributed by atoms with Crippen molar-refractivity contribution in [1.29, 1.82) is 0 Å². The summed E-state index contributed by atoms with van der Waals surface area (Å²) in [4.78, 5) is 42.6. The Balaban J connectivity index is 1.20. The number of nitrogens with zero attached hydrogens (tertiary/aromatic N) is 2. The molecule has 1 saturated heterocycles. The van der Waals surface area contributed by atoms with Gasteiger partial charge < -0.3 is 34.8 Å². The molecule has 2 bridgehead atoms. The zero-order valence-corrected chi connectivity index (χ0v) is 29.9. The van der Waals surface area contributed by atoms with Crippen LogP contribution in [0, 0.1) is 13.8 Å². The number of aliphatic hydroxyl groups excluding tert-OH is 1. The number of piperazine rings is 1. The quantitative estimate of drug-likeness (QED) is 0.183. The highest BCUT2D eigenvalue weighted by Crippen LogP contribution is 2.37. The van der Waals surface area contributed by atoms with Crippen LogP contribution in [-0.2, 0) is 20.8 Å². The largest absolute Gasteiger partial charge is 0.490 e. The Morgan fingerprint density at radius 3 is 2.37 bits per heavy atom. The van der Waals surface area contributed by atoms with Crippen LogP contribution in [0.1, 0.15) is 54.4 Å². The highest BCUT2D eigenvalue weighted by Gasteiger charge is 2.43. The highest BCUT2D eigenvalue weighted by atomic mass is 35.5. The van der Waals surface area contributed by atoms with E-state index in [9.17, 15) is 19.5 Å². The van der Waals surface area contributed by atoms with Gasteiger partial charge in [0, 0.05) is 37.3 Å². The van der Waals surface area contributed by atoms with Gasteiger partial charge in [0.05, 0.1) is 30.0 Å². The van der Waals surface area contributed by atoms with Crippen molar-refractivity contribution in [2.24, 2.45) is 0 Å². The second-order valence-corrected chi connectivity index (χ2v) is 14.2. The molecular weight excluding hydrogens is 670 g/mol. The first-order chi connectivity index (χ1) is 24.5. The minimum absolute atomic E-state index is 0.0259. The van der Waals surface area contributed by atoms with Crippen molar-refractivity contribution in [3.63, 3.8) is 0 Å². The number of halogens is 1. The number of aryl methyl sites for hydroxylation is 2. The Morgan fingerprint density at radius 2 is 1.67 bits per heavy atom. The number of nitrogens with one attached hydrogen (secondary N) is 1. The monoisotopic (exact) mass is 715 g/mol. The molecule has 0 spiro atoms. The number of rotatable bonds is 15. The average Bonchev–Trinajstić information content (AvgIpc) is 3.94. The zero-order chi connectivity index (χ0) is 36.1. The summed E-state index contributed by atoms with van der Waals surface area (Å²) < 4.78 is 11.9. The molecule has 51 heavy (non-hydrogen) atoms. The van der Waals surface area contributed by atoms with Gasteiger partial charge in [-0.15, -0.1) is 0 Å². The molecule has 270 valence electrons. The Labute approximate surface area is 304 Å². The van der Waals surface area contributed by atoms with Crippen LogP contribution in [0.4, 0.5) is 0 Å². The molecule has 0 aromatic heterocycles. The smallest absolute Gasteiger partial charge is 0.305 e. The molecule has 10 nitrogen and oxygen atoms in total. The van der Waals surface area contributed by atoms with E-state index < -0.39 is 24.5 Å². The van der Waals surface area contributed by atoms with E-state index >= 15 is 0 Å². The molecule has 6 rings (SSSR count). The third-order valence-electron chi connectivity index (χ3n) is 9.90. The lowest BCUT2D eigenvalue weighted by Gasteiger charge is -2.45. The first kappa shape index (κ1) is 36.4. The lowest BCUT2D eigenvalue weighted by atomic mass is 9.82. The summed E-state index contributed by atoms with van der Waals surface area (Å²) in [5, 5.41) is 23.4. The number of benzene rings is 3. The Morgan fingerprint density at radius 1 is 0.961 bits per heavy atom. The maximum Gasteiger partial charge on any atom is 0.305 e. The van der Waals surface area contributed by atoms with E-state index in [0.717, 1.165) is 41.5 Å². The topological polar surface area (TPSA) is 129 Å². The van der Waals surface area contributed by atoms with Crippen molar-refractivity contribution in [2.75, 3.05) is 32.8 Å². The van der Waals surface area contributed by atoms with E-state index in [-0.39, 0.29) is 36.9 Å². The summed E-state index contributed by atoms with van der Waals surface area (Å²) in [5.74, 6) is -0.197. The number of aliphatic hydroxyl groups is 1.